The Labute approximate surface area is 177 Å². The summed E-state index contributed by atoms with van der Waals surface area (Å²) in [6, 6.07) is 0. The minimum Gasteiger partial charge on any atom is -0.468 e. The van der Waals surface area contributed by atoms with Crippen molar-refractivity contribution in [2.45, 2.75) is 84.0 Å². The molecule has 4 aliphatic heterocycles. The molecule has 30 heavy (non-hydrogen) atoms. The molecule has 4 saturated heterocycles. The van der Waals surface area contributed by atoms with Gasteiger partial charge in [0.2, 0.25) is 0 Å². The van der Waals surface area contributed by atoms with E-state index < -0.39 is 33.4 Å². The Hall–Kier alpha value is -1.43. The van der Waals surface area contributed by atoms with Crippen LogP contribution >= 0.6 is 0 Å². The maximum atomic E-state index is 14.0. The molecule has 0 aromatic carbocycles. The van der Waals surface area contributed by atoms with Crippen LogP contribution in [0.4, 0.5) is 0 Å². The molecular formula is C24H32O6. The maximum Gasteiger partial charge on any atom is 0.323 e. The molecule has 6 bridgehead atoms. The molecule has 1 spiro atoms. The number of Topliss-reactive ketones (excluding diaryl/α,β-unsaturated/α-hetero) is 1. The molecule has 0 N–H and O–H groups in total. The highest BCUT2D eigenvalue weighted by Crippen LogP contribution is 2.83. The van der Waals surface area contributed by atoms with Crippen LogP contribution in [0, 0.1) is 39.4 Å². The van der Waals surface area contributed by atoms with Gasteiger partial charge in [-0.3, -0.25) is 14.4 Å². The van der Waals surface area contributed by atoms with Crippen LogP contribution in [0.15, 0.2) is 0 Å². The number of ether oxygens (including phenoxy) is 3. The van der Waals surface area contributed by atoms with Crippen LogP contribution in [0.25, 0.3) is 0 Å². The molecule has 0 aromatic rings. The van der Waals surface area contributed by atoms with E-state index in [9.17, 15) is 14.4 Å². The fourth-order valence-corrected chi connectivity index (χ4v) is 10.2. The number of fused-ring (bicyclic) bond motifs is 3. The minimum absolute atomic E-state index is 0.0375. The number of hydrogen-bond acceptors (Lipinski definition) is 6. The van der Waals surface area contributed by atoms with Crippen LogP contribution in [0.5, 0.6) is 0 Å². The van der Waals surface area contributed by atoms with Gasteiger partial charge in [-0.25, -0.2) is 0 Å². The second-order valence-electron chi connectivity index (χ2n) is 12.0. The van der Waals surface area contributed by atoms with E-state index >= 15 is 0 Å². The Morgan fingerprint density at radius 2 is 1.70 bits per heavy atom. The van der Waals surface area contributed by atoms with Crippen molar-refractivity contribution in [1.29, 1.82) is 0 Å². The zero-order valence-electron chi connectivity index (χ0n) is 18.8. The average molecular weight is 417 g/mol. The molecule has 6 nitrogen and oxygen atoms in total. The Bertz CT molecular complexity index is 925. The number of ketones is 1. The number of carbonyl (C=O) groups excluding carboxylic acids is 3. The number of methoxy groups -OCH3 is 1. The van der Waals surface area contributed by atoms with Crippen LogP contribution in [0.1, 0.15) is 66.7 Å². The summed E-state index contributed by atoms with van der Waals surface area (Å²) in [5.41, 5.74) is -4.64. The lowest BCUT2D eigenvalue weighted by Gasteiger charge is -2.72. The second-order valence-corrected chi connectivity index (χ2v) is 12.0. The van der Waals surface area contributed by atoms with E-state index in [2.05, 4.69) is 20.8 Å². The van der Waals surface area contributed by atoms with Gasteiger partial charge in [-0.1, -0.05) is 20.8 Å². The molecule has 4 aliphatic carbocycles. The fraction of sp³-hybridized carbons (Fsp3) is 0.875. The predicted octanol–water partition coefficient (Wildman–Crippen LogP) is 3.06. The third-order valence-corrected chi connectivity index (χ3v) is 11.3. The number of carbonyl (C=O) groups is 3. The highest BCUT2D eigenvalue weighted by Gasteiger charge is 2.94. The van der Waals surface area contributed by atoms with Crippen molar-refractivity contribution in [2.24, 2.45) is 39.4 Å². The number of rotatable bonds is 1. The number of esters is 2. The normalized spacial score (nSPS) is 59.0. The van der Waals surface area contributed by atoms with Crippen LogP contribution < -0.4 is 0 Å². The molecule has 8 aliphatic rings. The predicted molar refractivity (Wildman–Crippen MR) is 105 cm³/mol. The Morgan fingerprint density at radius 1 is 1.00 bits per heavy atom. The smallest absolute Gasteiger partial charge is 0.323 e. The van der Waals surface area contributed by atoms with Crippen LogP contribution in [0.3, 0.4) is 0 Å². The maximum absolute atomic E-state index is 14.0. The largest absolute Gasteiger partial charge is 0.468 e. The van der Waals surface area contributed by atoms with Crippen molar-refractivity contribution in [1.82, 2.24) is 0 Å². The molecule has 4 saturated carbocycles. The zero-order valence-corrected chi connectivity index (χ0v) is 18.8. The lowest BCUT2D eigenvalue weighted by Crippen LogP contribution is -2.77. The summed E-state index contributed by atoms with van der Waals surface area (Å²) in [6.07, 6.45) is 3.86. The van der Waals surface area contributed by atoms with Gasteiger partial charge in [0.05, 0.1) is 18.1 Å². The highest BCUT2D eigenvalue weighted by atomic mass is 16.6. The molecule has 8 rings (SSSR count). The molecule has 8 fully saturated rings. The summed E-state index contributed by atoms with van der Waals surface area (Å²) in [6.45, 7) is 10.3. The SMILES string of the molecule is COC(=O)[C@@]12C(=O)[C@@]3(C)O[C@]1(C)C3CC1[C@]2(C)CC[C@@H]2C(C)(C)[C@H]3CC[C@@]12C(=O)O3. The summed E-state index contributed by atoms with van der Waals surface area (Å²) >= 11 is 0. The van der Waals surface area contributed by atoms with Gasteiger partial charge in [0.25, 0.3) is 0 Å². The van der Waals surface area contributed by atoms with Gasteiger partial charge < -0.3 is 14.2 Å². The van der Waals surface area contributed by atoms with E-state index in [1.54, 1.807) is 0 Å². The van der Waals surface area contributed by atoms with E-state index in [4.69, 9.17) is 14.2 Å². The zero-order chi connectivity index (χ0) is 21.7. The molecule has 4 heterocycles. The Kier molecular flexibility index (Phi) is 3.09. The second kappa shape index (κ2) is 4.82. The first-order chi connectivity index (χ1) is 13.9. The van der Waals surface area contributed by atoms with Gasteiger partial charge in [0.15, 0.2) is 11.2 Å². The Balaban J connectivity index is 1.61. The van der Waals surface area contributed by atoms with Crippen molar-refractivity contribution in [3.63, 3.8) is 0 Å². The molecule has 0 radical (unpaired) electrons. The van der Waals surface area contributed by atoms with E-state index in [0.29, 0.717) is 0 Å². The van der Waals surface area contributed by atoms with Crippen molar-refractivity contribution in [3.8, 4) is 0 Å². The molecule has 0 aromatic heterocycles. The molecule has 9 atom stereocenters. The van der Waals surface area contributed by atoms with Gasteiger partial charge in [-0.15, -0.1) is 0 Å². The first kappa shape index (κ1) is 19.3. The molecule has 164 valence electrons. The van der Waals surface area contributed by atoms with Gasteiger partial charge in [-0.2, -0.15) is 0 Å². The van der Waals surface area contributed by atoms with E-state index in [1.165, 1.54) is 7.11 Å². The Morgan fingerprint density at radius 3 is 2.33 bits per heavy atom. The van der Waals surface area contributed by atoms with Gasteiger partial charge in [-0.05, 0) is 63.2 Å². The highest BCUT2D eigenvalue weighted by molar-refractivity contribution is 6.15. The van der Waals surface area contributed by atoms with Crippen LogP contribution in [-0.2, 0) is 28.6 Å². The summed E-state index contributed by atoms with van der Waals surface area (Å²) in [5, 5.41) is 0. The summed E-state index contributed by atoms with van der Waals surface area (Å²) < 4.78 is 17.6. The fourth-order valence-electron chi connectivity index (χ4n) is 10.2. The topological polar surface area (TPSA) is 78.9 Å². The monoisotopic (exact) mass is 416 g/mol. The molecular weight excluding hydrogens is 384 g/mol. The quantitative estimate of drug-likeness (QED) is 0.483. The van der Waals surface area contributed by atoms with Gasteiger partial charge in [0, 0.05) is 11.3 Å². The first-order valence-corrected chi connectivity index (χ1v) is 11.4. The summed E-state index contributed by atoms with van der Waals surface area (Å²) in [4.78, 5) is 41.1. The van der Waals surface area contributed by atoms with E-state index in [-0.39, 0.29) is 41.0 Å². The third kappa shape index (κ3) is 1.42. The van der Waals surface area contributed by atoms with Crippen LogP contribution in [-0.4, -0.2) is 42.1 Å². The lowest BCUT2D eigenvalue weighted by atomic mass is 9.33. The van der Waals surface area contributed by atoms with Crippen molar-refractivity contribution in [2.75, 3.05) is 7.11 Å². The van der Waals surface area contributed by atoms with E-state index in [1.807, 2.05) is 13.8 Å². The minimum atomic E-state index is -1.37. The van der Waals surface area contributed by atoms with E-state index in [0.717, 1.165) is 32.1 Å². The third-order valence-electron chi connectivity index (χ3n) is 11.3. The molecule has 2 unspecified atom stereocenters. The summed E-state index contributed by atoms with van der Waals surface area (Å²) in [5.74, 6) is -0.686. The molecule has 6 heteroatoms. The lowest BCUT2D eigenvalue weighted by molar-refractivity contribution is -0.342. The van der Waals surface area contributed by atoms with Gasteiger partial charge in [0.1, 0.15) is 11.7 Å². The van der Waals surface area contributed by atoms with Crippen LogP contribution in [0.2, 0.25) is 0 Å². The molecule has 0 amide bonds. The summed E-state index contributed by atoms with van der Waals surface area (Å²) in [7, 11) is 1.36. The van der Waals surface area contributed by atoms with Crippen molar-refractivity contribution < 1.29 is 28.6 Å². The van der Waals surface area contributed by atoms with Gasteiger partial charge >= 0.3 is 11.9 Å². The van der Waals surface area contributed by atoms with Crippen molar-refractivity contribution in [3.05, 3.63) is 0 Å². The standard InChI is InChI=1S/C24H32O6/c1-19(2)12-7-9-20(3)13(23(12)10-8-15(19)29-17(23)26)11-14-21(4)16(25)24(20,18(27)28-6)22(14,5)30-21/h12-15H,7-11H2,1-6H3/t12-,13?,14?,15-,20+,21+,22-,23+,24-/m1/s1. The average Bonchev–Trinajstić information content (AvgIpc) is 2.92. The number of hydrogen-bond donors (Lipinski definition) is 0. The first-order valence-electron chi connectivity index (χ1n) is 11.4. The van der Waals surface area contributed by atoms with Crippen molar-refractivity contribution >= 4 is 17.7 Å².